The van der Waals surface area contributed by atoms with Crippen LogP contribution in [0.2, 0.25) is 0 Å². The van der Waals surface area contributed by atoms with Crippen LogP contribution in [0.1, 0.15) is 31.1 Å². The zero-order valence-corrected chi connectivity index (χ0v) is 9.71. The number of rotatable bonds is 2. The number of halogens is 1. The van der Waals surface area contributed by atoms with Gasteiger partial charge in [0, 0.05) is 0 Å². The highest BCUT2D eigenvalue weighted by Gasteiger charge is 2.31. The van der Waals surface area contributed by atoms with Crippen molar-refractivity contribution in [3.63, 3.8) is 0 Å². The number of nitrogens with zero attached hydrogens (tertiary/aromatic N) is 2. The van der Waals surface area contributed by atoms with Gasteiger partial charge in [0.2, 0.25) is 11.7 Å². The van der Waals surface area contributed by atoms with Gasteiger partial charge in [-0.2, -0.15) is 4.98 Å². The van der Waals surface area contributed by atoms with Gasteiger partial charge < -0.3 is 9.63 Å². The summed E-state index contributed by atoms with van der Waals surface area (Å²) >= 11 is 0. The number of aliphatic hydroxyl groups is 1. The molecule has 1 fully saturated rings. The topological polar surface area (TPSA) is 59.2 Å². The maximum absolute atomic E-state index is 13.6. The van der Waals surface area contributed by atoms with Crippen LogP contribution in [0.4, 0.5) is 4.39 Å². The Kier molecular flexibility index (Phi) is 2.83. The fourth-order valence-electron chi connectivity index (χ4n) is 2.37. The molecule has 3 rings (SSSR count). The van der Waals surface area contributed by atoms with Crippen molar-refractivity contribution in [2.75, 3.05) is 0 Å². The lowest BCUT2D eigenvalue weighted by molar-refractivity contribution is 0.148. The van der Waals surface area contributed by atoms with Gasteiger partial charge in [0.15, 0.2) is 0 Å². The number of aliphatic hydroxyl groups excluding tert-OH is 1. The monoisotopic (exact) mass is 248 g/mol. The molecule has 94 valence electrons. The Morgan fingerprint density at radius 3 is 2.83 bits per heavy atom. The number of aromatic nitrogens is 2. The summed E-state index contributed by atoms with van der Waals surface area (Å²) in [6.07, 6.45) is 2.10. The van der Waals surface area contributed by atoms with E-state index in [4.69, 9.17) is 4.52 Å². The minimum absolute atomic E-state index is 0.113. The molecule has 0 aliphatic heterocycles. The van der Waals surface area contributed by atoms with Crippen LogP contribution >= 0.6 is 0 Å². The fourth-order valence-corrected chi connectivity index (χ4v) is 2.37. The Bertz CT molecular complexity index is 555. The zero-order chi connectivity index (χ0) is 12.5. The van der Waals surface area contributed by atoms with Crippen molar-refractivity contribution in [2.24, 2.45) is 0 Å². The van der Waals surface area contributed by atoms with Crippen LogP contribution in [0.5, 0.6) is 0 Å². The second kappa shape index (κ2) is 4.49. The Hall–Kier alpha value is -1.75. The van der Waals surface area contributed by atoms with Gasteiger partial charge in [0.05, 0.1) is 17.6 Å². The smallest absolute Gasteiger partial charge is 0.232 e. The molecule has 1 saturated carbocycles. The van der Waals surface area contributed by atoms with E-state index < -0.39 is 6.10 Å². The van der Waals surface area contributed by atoms with E-state index in [1.807, 2.05) is 0 Å². The first-order valence-corrected chi connectivity index (χ1v) is 6.02. The number of benzene rings is 1. The van der Waals surface area contributed by atoms with Crippen LogP contribution in [0.15, 0.2) is 28.8 Å². The summed E-state index contributed by atoms with van der Waals surface area (Å²) in [6, 6.07) is 6.30. The van der Waals surface area contributed by atoms with Gasteiger partial charge in [-0.15, -0.1) is 0 Å². The molecule has 0 saturated heterocycles. The van der Waals surface area contributed by atoms with Gasteiger partial charge in [-0.1, -0.05) is 17.3 Å². The average molecular weight is 248 g/mol. The molecule has 0 bridgehead atoms. The van der Waals surface area contributed by atoms with E-state index in [1.165, 1.54) is 6.07 Å². The molecule has 5 heteroatoms. The van der Waals surface area contributed by atoms with Crippen molar-refractivity contribution < 1.29 is 14.0 Å². The molecule has 1 aliphatic rings. The molecular weight excluding hydrogens is 235 g/mol. The zero-order valence-electron chi connectivity index (χ0n) is 9.71. The molecule has 2 unspecified atom stereocenters. The Morgan fingerprint density at radius 2 is 2.11 bits per heavy atom. The molecule has 0 spiro atoms. The Balaban J connectivity index is 1.92. The van der Waals surface area contributed by atoms with E-state index in [2.05, 4.69) is 10.1 Å². The molecule has 1 N–H and O–H groups in total. The first-order chi connectivity index (χ1) is 8.75. The summed E-state index contributed by atoms with van der Waals surface area (Å²) in [5.41, 5.74) is 0.319. The highest BCUT2D eigenvalue weighted by Crippen LogP contribution is 2.34. The molecule has 0 radical (unpaired) electrons. The third kappa shape index (κ3) is 1.90. The van der Waals surface area contributed by atoms with Crippen LogP contribution in [-0.4, -0.2) is 21.4 Å². The molecule has 1 aromatic heterocycles. The molecule has 4 nitrogen and oxygen atoms in total. The molecule has 1 aromatic carbocycles. The van der Waals surface area contributed by atoms with Gasteiger partial charge >= 0.3 is 0 Å². The van der Waals surface area contributed by atoms with Crippen molar-refractivity contribution in [1.82, 2.24) is 10.1 Å². The highest BCUT2D eigenvalue weighted by atomic mass is 19.1. The summed E-state index contributed by atoms with van der Waals surface area (Å²) in [5.74, 6) is 0.148. The van der Waals surface area contributed by atoms with E-state index in [0.717, 1.165) is 19.3 Å². The van der Waals surface area contributed by atoms with E-state index in [-0.39, 0.29) is 17.6 Å². The third-order valence-corrected chi connectivity index (χ3v) is 3.35. The van der Waals surface area contributed by atoms with Gasteiger partial charge in [0.25, 0.3) is 0 Å². The van der Waals surface area contributed by atoms with Crippen molar-refractivity contribution in [3.05, 3.63) is 36.0 Å². The van der Waals surface area contributed by atoms with Crippen molar-refractivity contribution >= 4 is 0 Å². The predicted molar refractivity (Wildman–Crippen MR) is 62.3 cm³/mol. The molecule has 2 atom stereocenters. The van der Waals surface area contributed by atoms with Gasteiger partial charge in [-0.25, -0.2) is 4.39 Å². The van der Waals surface area contributed by atoms with E-state index >= 15 is 0 Å². The normalized spacial score (nSPS) is 23.4. The van der Waals surface area contributed by atoms with E-state index in [9.17, 15) is 9.50 Å². The molecular formula is C13H13FN2O2. The fraction of sp³-hybridized carbons (Fsp3) is 0.385. The van der Waals surface area contributed by atoms with Crippen molar-refractivity contribution in [2.45, 2.75) is 31.3 Å². The lowest BCUT2D eigenvalue weighted by atomic mass is 10.1. The second-order valence-corrected chi connectivity index (χ2v) is 4.54. The minimum atomic E-state index is -0.432. The SMILES string of the molecule is OC1CCCC1c1nc(-c2ccccc2F)no1. The highest BCUT2D eigenvalue weighted by molar-refractivity contribution is 5.54. The lowest BCUT2D eigenvalue weighted by Gasteiger charge is -2.07. The van der Waals surface area contributed by atoms with Crippen LogP contribution in [0.25, 0.3) is 11.4 Å². The average Bonchev–Trinajstić information content (AvgIpc) is 2.98. The maximum Gasteiger partial charge on any atom is 0.232 e. The first kappa shape index (κ1) is 11.3. The maximum atomic E-state index is 13.6. The molecule has 1 heterocycles. The van der Waals surface area contributed by atoms with Gasteiger partial charge in [-0.05, 0) is 31.4 Å². The standard InChI is InChI=1S/C13H13FN2O2/c14-10-6-2-1-4-8(10)12-15-13(18-16-12)9-5-3-7-11(9)17/h1-2,4,6,9,11,17H,3,5,7H2. The number of hydrogen-bond acceptors (Lipinski definition) is 4. The van der Waals surface area contributed by atoms with Crippen LogP contribution in [0.3, 0.4) is 0 Å². The van der Waals surface area contributed by atoms with Crippen LogP contribution in [0, 0.1) is 5.82 Å². The summed E-state index contributed by atoms with van der Waals surface area (Å²) in [4.78, 5) is 4.20. The number of hydrogen-bond donors (Lipinski definition) is 1. The molecule has 18 heavy (non-hydrogen) atoms. The lowest BCUT2D eigenvalue weighted by Crippen LogP contribution is -2.11. The largest absolute Gasteiger partial charge is 0.392 e. The Morgan fingerprint density at radius 1 is 1.28 bits per heavy atom. The minimum Gasteiger partial charge on any atom is -0.392 e. The summed E-state index contributed by atoms with van der Waals surface area (Å²) in [5, 5.41) is 13.6. The summed E-state index contributed by atoms with van der Waals surface area (Å²) in [7, 11) is 0. The second-order valence-electron chi connectivity index (χ2n) is 4.54. The first-order valence-electron chi connectivity index (χ1n) is 6.02. The van der Waals surface area contributed by atoms with Crippen molar-refractivity contribution in [3.8, 4) is 11.4 Å². The van der Waals surface area contributed by atoms with Crippen molar-refractivity contribution in [1.29, 1.82) is 0 Å². The van der Waals surface area contributed by atoms with Gasteiger partial charge in [-0.3, -0.25) is 0 Å². The molecule has 0 amide bonds. The van der Waals surface area contributed by atoms with Gasteiger partial charge in [0.1, 0.15) is 5.82 Å². The predicted octanol–water partition coefficient (Wildman–Crippen LogP) is 2.50. The van der Waals surface area contributed by atoms with Crippen LogP contribution < -0.4 is 0 Å². The van der Waals surface area contributed by atoms with E-state index in [1.54, 1.807) is 18.2 Å². The summed E-state index contributed by atoms with van der Waals surface area (Å²) in [6.45, 7) is 0. The summed E-state index contributed by atoms with van der Waals surface area (Å²) < 4.78 is 18.7. The third-order valence-electron chi connectivity index (χ3n) is 3.35. The van der Waals surface area contributed by atoms with E-state index in [0.29, 0.717) is 11.5 Å². The molecule has 1 aliphatic carbocycles. The Labute approximate surface area is 103 Å². The molecule has 2 aromatic rings. The quantitative estimate of drug-likeness (QED) is 0.887. The van der Waals surface area contributed by atoms with Crippen LogP contribution in [-0.2, 0) is 0 Å².